The Kier molecular flexibility index (Phi) is 6.70. The number of carbonyl (C=O) groups is 2. The number of nitrogens with zero attached hydrogens (tertiary/aromatic N) is 2. The van der Waals surface area contributed by atoms with Crippen molar-refractivity contribution in [3.63, 3.8) is 0 Å². The van der Waals surface area contributed by atoms with E-state index in [1.807, 2.05) is 0 Å². The summed E-state index contributed by atoms with van der Waals surface area (Å²) in [5.74, 6) is -1.93. The van der Waals surface area contributed by atoms with E-state index in [-0.39, 0.29) is 32.9 Å². The van der Waals surface area contributed by atoms with Crippen molar-refractivity contribution in [1.29, 1.82) is 0 Å². The maximum Gasteiger partial charge on any atom is 0.340 e. The van der Waals surface area contributed by atoms with Crippen LogP contribution in [-0.2, 0) is 26.2 Å². The van der Waals surface area contributed by atoms with Gasteiger partial charge >= 0.3 is 5.97 Å². The second kappa shape index (κ2) is 9.10. The second-order valence-corrected chi connectivity index (χ2v) is 9.00. The molecular formula is C19H15ClFN3O5S2. The number of hydrogen-bond acceptors (Lipinski definition) is 7. The maximum absolute atomic E-state index is 14.1. The van der Waals surface area contributed by atoms with Crippen LogP contribution in [0.1, 0.15) is 23.0 Å². The lowest BCUT2D eigenvalue weighted by Gasteiger charge is -2.18. The molecule has 0 aliphatic heterocycles. The lowest BCUT2D eigenvalue weighted by Crippen LogP contribution is -2.23. The molecule has 2 N–H and O–H groups in total. The van der Waals surface area contributed by atoms with Gasteiger partial charge in [-0.1, -0.05) is 23.7 Å². The molecule has 8 nitrogen and oxygen atoms in total. The number of anilines is 2. The third kappa shape index (κ3) is 5.25. The highest BCUT2D eigenvalue weighted by Gasteiger charge is 2.22. The van der Waals surface area contributed by atoms with Gasteiger partial charge in [-0.15, -0.1) is 11.3 Å². The van der Waals surface area contributed by atoms with E-state index in [0.717, 1.165) is 22.3 Å². The number of amides is 1. The summed E-state index contributed by atoms with van der Waals surface area (Å²) in [4.78, 5) is 29.5. The normalized spacial score (nSPS) is 11.2. The number of esters is 1. The highest BCUT2D eigenvalue weighted by Crippen LogP contribution is 2.31. The molecule has 162 valence electrons. The van der Waals surface area contributed by atoms with Gasteiger partial charge in [0.1, 0.15) is 12.4 Å². The van der Waals surface area contributed by atoms with Crippen molar-refractivity contribution in [2.75, 3.05) is 4.90 Å². The Morgan fingerprint density at radius 2 is 1.97 bits per heavy atom. The minimum atomic E-state index is -4.03. The number of sulfonamides is 1. The van der Waals surface area contributed by atoms with Gasteiger partial charge < -0.3 is 4.74 Å². The summed E-state index contributed by atoms with van der Waals surface area (Å²) >= 11 is 7.02. The summed E-state index contributed by atoms with van der Waals surface area (Å²) in [6, 6.07) is 9.16. The Labute approximate surface area is 186 Å². The van der Waals surface area contributed by atoms with Gasteiger partial charge in [-0.05, 0) is 30.3 Å². The molecule has 31 heavy (non-hydrogen) atoms. The molecule has 1 amide bonds. The number of nitrogens with two attached hydrogens (primary N) is 1. The monoisotopic (exact) mass is 483 g/mol. The molecule has 1 aromatic heterocycles. The fourth-order valence-electron chi connectivity index (χ4n) is 2.56. The molecule has 0 bridgehead atoms. The quantitative estimate of drug-likeness (QED) is 0.534. The van der Waals surface area contributed by atoms with Crippen LogP contribution in [0.15, 0.2) is 52.7 Å². The second-order valence-electron chi connectivity index (χ2n) is 6.19. The minimum Gasteiger partial charge on any atom is -0.456 e. The van der Waals surface area contributed by atoms with Crippen LogP contribution >= 0.6 is 22.9 Å². The van der Waals surface area contributed by atoms with Crippen LogP contribution in [0.25, 0.3) is 0 Å². The van der Waals surface area contributed by atoms with Crippen molar-refractivity contribution >= 4 is 55.7 Å². The first-order chi connectivity index (χ1) is 14.6. The molecule has 0 aliphatic carbocycles. The molecule has 0 radical (unpaired) electrons. The third-order valence-corrected chi connectivity index (χ3v) is 6.09. The molecule has 1 heterocycles. The molecule has 12 heteroatoms. The lowest BCUT2D eigenvalue weighted by molar-refractivity contribution is -0.115. The highest BCUT2D eigenvalue weighted by molar-refractivity contribution is 7.89. The number of carbonyl (C=O) groups excluding carboxylic acids is 2. The summed E-state index contributed by atoms with van der Waals surface area (Å²) in [5.41, 5.74) is 0.162. The van der Waals surface area contributed by atoms with Crippen LogP contribution in [-0.4, -0.2) is 25.3 Å². The molecule has 0 saturated carbocycles. The number of thiazole rings is 1. The van der Waals surface area contributed by atoms with Gasteiger partial charge in [0.15, 0.2) is 5.13 Å². The van der Waals surface area contributed by atoms with Gasteiger partial charge in [-0.25, -0.2) is 27.7 Å². The zero-order valence-electron chi connectivity index (χ0n) is 15.9. The van der Waals surface area contributed by atoms with Crippen LogP contribution in [0.4, 0.5) is 15.2 Å². The van der Waals surface area contributed by atoms with E-state index < -0.39 is 27.7 Å². The van der Waals surface area contributed by atoms with Crippen molar-refractivity contribution in [2.45, 2.75) is 18.4 Å². The number of aromatic nitrogens is 1. The summed E-state index contributed by atoms with van der Waals surface area (Å²) in [7, 11) is -4.03. The number of ether oxygens (including phenoxy) is 1. The lowest BCUT2D eigenvalue weighted by atomic mass is 10.2. The van der Waals surface area contributed by atoms with E-state index >= 15 is 0 Å². The largest absolute Gasteiger partial charge is 0.456 e. The third-order valence-electron chi connectivity index (χ3n) is 3.98. The number of halogens is 2. The van der Waals surface area contributed by atoms with E-state index in [9.17, 15) is 22.4 Å². The van der Waals surface area contributed by atoms with Gasteiger partial charge in [-0.3, -0.25) is 9.69 Å². The molecule has 3 aromatic rings. The fraction of sp³-hybridized carbons (Fsp3) is 0.105. The average molecular weight is 484 g/mol. The average Bonchev–Trinajstić information content (AvgIpc) is 3.15. The van der Waals surface area contributed by atoms with Crippen molar-refractivity contribution in [1.82, 2.24) is 4.98 Å². The zero-order chi connectivity index (χ0) is 22.8. The number of primary sulfonamides is 1. The molecule has 0 atom stereocenters. The topological polar surface area (TPSA) is 120 Å². The van der Waals surface area contributed by atoms with E-state index in [4.69, 9.17) is 21.5 Å². The van der Waals surface area contributed by atoms with Gasteiger partial charge in [0.25, 0.3) is 0 Å². The van der Waals surface area contributed by atoms with E-state index in [1.165, 1.54) is 37.3 Å². The number of hydrogen-bond donors (Lipinski definition) is 1. The Morgan fingerprint density at radius 3 is 2.61 bits per heavy atom. The summed E-state index contributed by atoms with van der Waals surface area (Å²) in [5, 5.41) is 6.79. The van der Waals surface area contributed by atoms with Crippen LogP contribution in [0.3, 0.4) is 0 Å². The van der Waals surface area contributed by atoms with E-state index in [2.05, 4.69) is 4.98 Å². The maximum atomic E-state index is 14.1. The Bertz CT molecular complexity index is 1260. The minimum absolute atomic E-state index is 0.0151. The molecular weight excluding hydrogens is 469 g/mol. The predicted molar refractivity (Wildman–Crippen MR) is 113 cm³/mol. The van der Waals surface area contributed by atoms with Gasteiger partial charge in [0, 0.05) is 12.3 Å². The van der Waals surface area contributed by atoms with Crippen LogP contribution in [0.5, 0.6) is 0 Å². The summed E-state index contributed by atoms with van der Waals surface area (Å²) in [6.45, 7) is 0.988. The van der Waals surface area contributed by atoms with Crippen LogP contribution in [0.2, 0.25) is 5.02 Å². The number of benzene rings is 2. The fourth-order valence-corrected chi connectivity index (χ4v) is 4.16. The van der Waals surface area contributed by atoms with Gasteiger partial charge in [-0.2, -0.15) is 0 Å². The molecule has 0 saturated heterocycles. The first kappa shape index (κ1) is 22.8. The molecule has 0 unspecified atom stereocenters. The predicted octanol–water partition coefficient (Wildman–Crippen LogP) is 3.62. The van der Waals surface area contributed by atoms with Crippen LogP contribution < -0.4 is 10.0 Å². The van der Waals surface area contributed by atoms with Gasteiger partial charge in [0.2, 0.25) is 15.9 Å². The smallest absolute Gasteiger partial charge is 0.340 e. The van der Waals surface area contributed by atoms with Crippen molar-refractivity contribution < 1.29 is 27.1 Å². The molecule has 2 aromatic carbocycles. The van der Waals surface area contributed by atoms with Crippen molar-refractivity contribution in [3.05, 3.63) is 69.9 Å². The summed E-state index contributed by atoms with van der Waals surface area (Å²) < 4.78 is 42.2. The van der Waals surface area contributed by atoms with Crippen molar-refractivity contribution in [3.8, 4) is 0 Å². The molecule has 3 rings (SSSR count). The van der Waals surface area contributed by atoms with Gasteiger partial charge in [0.05, 0.1) is 26.9 Å². The summed E-state index contributed by atoms with van der Waals surface area (Å²) in [6.07, 6.45) is 0. The first-order valence-corrected chi connectivity index (χ1v) is 11.4. The SMILES string of the molecule is CC(=O)N(c1nc(COC(=O)c2cc(S(N)(=O)=O)ccc2Cl)cs1)c1ccccc1F. The molecule has 0 fully saturated rings. The van der Waals surface area contributed by atoms with E-state index in [1.54, 1.807) is 11.4 Å². The molecule has 0 spiro atoms. The Morgan fingerprint density at radius 1 is 1.26 bits per heavy atom. The Balaban J connectivity index is 1.78. The zero-order valence-corrected chi connectivity index (χ0v) is 18.3. The Hall–Kier alpha value is -2.86. The van der Waals surface area contributed by atoms with Crippen molar-refractivity contribution in [2.24, 2.45) is 5.14 Å². The number of rotatable bonds is 6. The molecule has 0 aliphatic rings. The standard InChI is InChI=1S/C19H15ClFN3O5S2/c1-11(25)24(17-5-3-2-4-16(17)21)19-23-12(10-30-19)9-29-18(26)14-8-13(31(22,27)28)6-7-15(14)20/h2-8,10H,9H2,1H3,(H2,22,27,28). The van der Waals surface area contributed by atoms with E-state index in [0.29, 0.717) is 5.69 Å². The van der Waals surface area contributed by atoms with Crippen LogP contribution in [0, 0.1) is 5.82 Å². The highest BCUT2D eigenvalue weighted by atomic mass is 35.5. The number of para-hydroxylation sites is 1. The first-order valence-electron chi connectivity index (χ1n) is 8.57.